The van der Waals surface area contributed by atoms with Crippen LogP contribution in [0.3, 0.4) is 0 Å². The Bertz CT molecular complexity index is 1490. The number of carbonyl (C=O) groups excluding carboxylic acids is 1. The molecule has 0 saturated heterocycles. The van der Waals surface area contributed by atoms with Crippen LogP contribution in [0, 0.1) is 0 Å². The molecule has 0 atom stereocenters. The lowest BCUT2D eigenvalue weighted by Crippen LogP contribution is -2.32. The van der Waals surface area contributed by atoms with Crippen LogP contribution in [0.1, 0.15) is 38.7 Å². The van der Waals surface area contributed by atoms with Crippen molar-refractivity contribution < 1.29 is 9.53 Å². The summed E-state index contributed by atoms with van der Waals surface area (Å²) < 4.78 is 8.22. The molecule has 1 aliphatic heterocycles. The standard InChI is InChI=1S/C25H23BrN4O3S/c1-3-5-13-33-17-9-6-15(7-10-17)22-27-25-30(28-22)24(32)21(34-25)20-18-14-16(26)8-11-19(18)29(12-4-2)23(20)31/h6-11,14H,3-5,12-13H2,1-2H3/b21-20-. The second kappa shape index (κ2) is 9.31. The van der Waals surface area contributed by atoms with Crippen LogP contribution in [-0.4, -0.2) is 33.7 Å². The van der Waals surface area contributed by atoms with Gasteiger partial charge < -0.3 is 9.64 Å². The molecule has 0 spiro atoms. The monoisotopic (exact) mass is 538 g/mol. The van der Waals surface area contributed by atoms with Crippen molar-refractivity contribution in [1.29, 1.82) is 0 Å². The lowest BCUT2D eigenvalue weighted by molar-refractivity contribution is -0.113. The summed E-state index contributed by atoms with van der Waals surface area (Å²) in [6.45, 7) is 5.42. The van der Waals surface area contributed by atoms with Crippen LogP contribution in [-0.2, 0) is 4.79 Å². The minimum absolute atomic E-state index is 0.157. The highest BCUT2D eigenvalue weighted by atomic mass is 79.9. The molecule has 7 nitrogen and oxygen atoms in total. The topological polar surface area (TPSA) is 76.8 Å². The number of hydrogen-bond donors (Lipinski definition) is 0. The number of ether oxygens (including phenoxy) is 1. The third-order valence-electron chi connectivity index (χ3n) is 5.69. The molecule has 0 aliphatic carbocycles. The van der Waals surface area contributed by atoms with Crippen molar-refractivity contribution in [3.63, 3.8) is 0 Å². The van der Waals surface area contributed by atoms with Crippen LogP contribution in [0.2, 0.25) is 0 Å². The van der Waals surface area contributed by atoms with E-state index in [1.165, 1.54) is 15.9 Å². The van der Waals surface area contributed by atoms with E-state index >= 15 is 0 Å². The Hall–Kier alpha value is -3.04. The number of fused-ring (bicyclic) bond motifs is 2. The van der Waals surface area contributed by atoms with Crippen LogP contribution in [0.4, 0.5) is 5.69 Å². The number of anilines is 1. The number of hydrogen-bond acceptors (Lipinski definition) is 6. The van der Waals surface area contributed by atoms with Crippen molar-refractivity contribution in [3.05, 3.63) is 67.4 Å². The van der Waals surface area contributed by atoms with Crippen LogP contribution < -0.4 is 19.7 Å². The van der Waals surface area contributed by atoms with Crippen molar-refractivity contribution in [3.8, 4) is 17.1 Å². The van der Waals surface area contributed by atoms with Gasteiger partial charge in [-0.15, -0.1) is 5.10 Å². The number of carbonyl (C=O) groups is 1. The number of aromatic nitrogens is 3. The van der Waals surface area contributed by atoms with E-state index < -0.39 is 0 Å². The zero-order valence-electron chi connectivity index (χ0n) is 18.9. The minimum Gasteiger partial charge on any atom is -0.494 e. The van der Waals surface area contributed by atoms with Gasteiger partial charge in [-0.05, 0) is 55.3 Å². The van der Waals surface area contributed by atoms with Gasteiger partial charge in [0, 0.05) is 22.1 Å². The van der Waals surface area contributed by atoms with E-state index in [1.807, 2.05) is 49.4 Å². The molecule has 5 rings (SSSR count). The van der Waals surface area contributed by atoms with Gasteiger partial charge in [-0.25, -0.2) is 0 Å². The molecule has 174 valence electrons. The van der Waals surface area contributed by atoms with E-state index in [1.54, 1.807) is 4.90 Å². The average Bonchev–Trinajstić information content (AvgIpc) is 3.46. The lowest BCUT2D eigenvalue weighted by atomic mass is 10.1. The molecular weight excluding hydrogens is 516 g/mol. The molecule has 0 radical (unpaired) electrons. The third-order valence-corrected chi connectivity index (χ3v) is 7.21. The van der Waals surface area contributed by atoms with Crippen LogP contribution in [0.15, 0.2) is 51.7 Å². The van der Waals surface area contributed by atoms with E-state index in [9.17, 15) is 9.59 Å². The highest BCUT2D eigenvalue weighted by Crippen LogP contribution is 2.37. The molecule has 0 bridgehead atoms. The summed E-state index contributed by atoms with van der Waals surface area (Å²) in [4.78, 5) is 33.4. The summed E-state index contributed by atoms with van der Waals surface area (Å²) in [6.07, 6.45) is 2.91. The molecule has 1 aliphatic rings. The highest BCUT2D eigenvalue weighted by Gasteiger charge is 2.34. The Kier molecular flexibility index (Phi) is 6.22. The summed E-state index contributed by atoms with van der Waals surface area (Å²) in [7, 11) is 0. The highest BCUT2D eigenvalue weighted by molar-refractivity contribution is 9.10. The molecule has 0 saturated carbocycles. The summed E-state index contributed by atoms with van der Waals surface area (Å²) in [6, 6.07) is 13.3. The van der Waals surface area contributed by atoms with Gasteiger partial charge in [0.15, 0.2) is 5.82 Å². The van der Waals surface area contributed by atoms with Crippen molar-refractivity contribution in [2.45, 2.75) is 33.1 Å². The fourth-order valence-corrected chi connectivity index (χ4v) is 5.37. The zero-order valence-corrected chi connectivity index (χ0v) is 21.3. The van der Waals surface area contributed by atoms with E-state index in [2.05, 4.69) is 32.9 Å². The maximum absolute atomic E-state index is 13.3. The molecule has 4 aromatic rings. The van der Waals surface area contributed by atoms with Gasteiger partial charge in [-0.2, -0.15) is 9.50 Å². The predicted octanol–water partition coefficient (Wildman–Crippen LogP) is 4.43. The summed E-state index contributed by atoms with van der Waals surface area (Å²) in [5.74, 6) is 1.10. The molecule has 0 N–H and O–H groups in total. The molecule has 0 unspecified atom stereocenters. The van der Waals surface area contributed by atoms with Gasteiger partial charge in [0.2, 0.25) is 4.96 Å². The van der Waals surface area contributed by atoms with Gasteiger partial charge >= 0.3 is 0 Å². The first kappa shape index (κ1) is 22.7. The number of halogens is 1. The molecule has 3 heterocycles. The van der Waals surface area contributed by atoms with Crippen molar-refractivity contribution >= 4 is 49.4 Å². The molecule has 34 heavy (non-hydrogen) atoms. The second-order valence-corrected chi connectivity index (χ2v) is 9.98. The molecule has 2 aromatic carbocycles. The lowest BCUT2D eigenvalue weighted by Gasteiger charge is -2.15. The van der Waals surface area contributed by atoms with Gasteiger partial charge in [0.05, 0.1) is 17.9 Å². The first-order valence-electron chi connectivity index (χ1n) is 11.3. The van der Waals surface area contributed by atoms with Gasteiger partial charge in [0.1, 0.15) is 10.3 Å². The number of thiazole rings is 1. The Morgan fingerprint density at radius 2 is 1.85 bits per heavy atom. The SMILES string of the molecule is CCCCOc1ccc(-c2nc3s/c(=C4\C(=O)N(CCC)c5ccc(Br)cc54)c(=O)n3n2)cc1. The fourth-order valence-electron chi connectivity index (χ4n) is 4.01. The maximum atomic E-state index is 13.3. The number of unbranched alkanes of at least 4 members (excludes halogenated alkanes) is 1. The normalized spacial score (nSPS) is 14.8. The maximum Gasteiger partial charge on any atom is 0.291 e. The Morgan fingerprint density at radius 3 is 2.56 bits per heavy atom. The first-order chi connectivity index (χ1) is 16.5. The van der Waals surface area contributed by atoms with E-state index in [-0.39, 0.29) is 11.5 Å². The zero-order chi connectivity index (χ0) is 23.8. The van der Waals surface area contributed by atoms with Crippen molar-refractivity contribution in [2.24, 2.45) is 0 Å². The predicted molar refractivity (Wildman–Crippen MR) is 137 cm³/mol. The molecule has 2 aromatic heterocycles. The smallest absolute Gasteiger partial charge is 0.291 e. The van der Waals surface area contributed by atoms with E-state index in [4.69, 9.17) is 4.74 Å². The fraction of sp³-hybridized carbons (Fsp3) is 0.280. The van der Waals surface area contributed by atoms with Crippen molar-refractivity contribution in [1.82, 2.24) is 14.6 Å². The first-order valence-corrected chi connectivity index (χ1v) is 12.9. The quantitative estimate of drug-likeness (QED) is 0.325. The van der Waals surface area contributed by atoms with E-state index in [0.717, 1.165) is 46.3 Å². The molecule has 1 amide bonds. The molecule has 9 heteroatoms. The van der Waals surface area contributed by atoms with Crippen LogP contribution >= 0.6 is 27.3 Å². The summed E-state index contributed by atoms with van der Waals surface area (Å²) in [5, 5.41) is 4.45. The second-order valence-electron chi connectivity index (χ2n) is 8.09. The Morgan fingerprint density at radius 1 is 1.06 bits per heavy atom. The largest absolute Gasteiger partial charge is 0.494 e. The van der Waals surface area contributed by atoms with Crippen LogP contribution in [0.25, 0.3) is 21.9 Å². The summed E-state index contributed by atoms with van der Waals surface area (Å²) in [5.41, 5.74) is 2.47. The van der Waals surface area contributed by atoms with Gasteiger partial charge in [-0.1, -0.05) is 47.5 Å². The molecule has 0 fully saturated rings. The summed E-state index contributed by atoms with van der Waals surface area (Å²) >= 11 is 4.69. The van der Waals surface area contributed by atoms with Crippen molar-refractivity contribution in [2.75, 3.05) is 18.1 Å². The van der Waals surface area contributed by atoms with Crippen LogP contribution in [0.5, 0.6) is 5.75 Å². The van der Waals surface area contributed by atoms with Gasteiger partial charge in [-0.3, -0.25) is 9.59 Å². The minimum atomic E-state index is -0.328. The average molecular weight is 539 g/mol. The number of rotatable bonds is 7. The van der Waals surface area contributed by atoms with Gasteiger partial charge in [0.25, 0.3) is 11.5 Å². The van der Waals surface area contributed by atoms with E-state index in [0.29, 0.717) is 34.0 Å². The number of nitrogens with zero attached hydrogens (tertiary/aromatic N) is 4. The third kappa shape index (κ3) is 3.92. The Balaban J connectivity index is 1.55. The number of amides is 1. The number of benzene rings is 2. The molecular formula is C25H23BrN4O3S. The Labute approximate surface area is 208 Å².